The van der Waals surface area contributed by atoms with Crippen molar-refractivity contribution < 1.29 is 23.8 Å². The van der Waals surface area contributed by atoms with Gasteiger partial charge in [0.25, 0.3) is 0 Å². The quantitative estimate of drug-likeness (QED) is 0.259. The zero-order chi connectivity index (χ0) is 24.5. The smallest absolute Gasteiger partial charge is 0.337 e. The van der Waals surface area contributed by atoms with Crippen molar-refractivity contribution in [3.05, 3.63) is 100 Å². The molecule has 1 aromatic heterocycles. The van der Waals surface area contributed by atoms with Crippen LogP contribution < -0.4 is 9.47 Å². The van der Waals surface area contributed by atoms with E-state index in [-0.39, 0.29) is 11.8 Å². The highest BCUT2D eigenvalue weighted by atomic mass is 16.5. The Morgan fingerprint density at radius 3 is 2.57 bits per heavy atom. The maximum atomic E-state index is 13.1. The monoisotopic (exact) mass is 467 g/mol. The number of esters is 1. The number of aromatic nitrogens is 1. The molecule has 1 aliphatic heterocycles. The van der Waals surface area contributed by atoms with Gasteiger partial charge in [-0.15, -0.1) is 0 Å². The first-order valence-corrected chi connectivity index (χ1v) is 11.5. The van der Waals surface area contributed by atoms with Gasteiger partial charge in [0.1, 0.15) is 18.1 Å². The van der Waals surface area contributed by atoms with E-state index in [9.17, 15) is 9.59 Å². The number of methoxy groups -OCH3 is 1. The molecule has 0 fully saturated rings. The summed E-state index contributed by atoms with van der Waals surface area (Å²) >= 11 is 0. The summed E-state index contributed by atoms with van der Waals surface area (Å²) in [6, 6.07) is 18.7. The molecule has 0 amide bonds. The average molecular weight is 468 g/mol. The molecule has 6 heteroatoms. The summed E-state index contributed by atoms with van der Waals surface area (Å²) in [6.45, 7) is 5.13. The second kappa shape index (κ2) is 9.14. The Bertz CT molecular complexity index is 1480. The summed E-state index contributed by atoms with van der Waals surface area (Å²) in [6.07, 6.45) is 3.86. The van der Waals surface area contributed by atoms with Crippen LogP contribution in [0, 0.1) is 6.92 Å². The van der Waals surface area contributed by atoms with Gasteiger partial charge in [0.15, 0.2) is 5.76 Å². The number of carbonyl (C=O) groups is 2. The number of hydrogen-bond donors (Lipinski definition) is 0. The fourth-order valence-corrected chi connectivity index (χ4v) is 4.33. The molecule has 4 aromatic rings. The number of fused-ring (bicyclic) bond motifs is 2. The van der Waals surface area contributed by atoms with E-state index in [0.717, 1.165) is 34.1 Å². The number of rotatable bonds is 6. The van der Waals surface area contributed by atoms with Crippen molar-refractivity contribution >= 4 is 28.7 Å². The largest absolute Gasteiger partial charge is 0.488 e. The highest BCUT2D eigenvalue weighted by molar-refractivity contribution is 6.15. The summed E-state index contributed by atoms with van der Waals surface area (Å²) in [5.74, 6) is 0.951. The molecule has 2 heterocycles. The minimum atomic E-state index is -0.378. The molecule has 5 rings (SSSR count). The van der Waals surface area contributed by atoms with Crippen molar-refractivity contribution in [3.8, 4) is 11.5 Å². The Morgan fingerprint density at radius 2 is 1.83 bits per heavy atom. The first-order chi connectivity index (χ1) is 17.0. The van der Waals surface area contributed by atoms with Gasteiger partial charge in [-0.25, -0.2) is 4.79 Å². The molecule has 0 atom stereocenters. The number of allylic oxidation sites excluding steroid dienone is 1. The molecule has 0 saturated heterocycles. The number of hydrogen-bond acceptors (Lipinski definition) is 5. The molecule has 0 radical (unpaired) electrons. The van der Waals surface area contributed by atoms with E-state index < -0.39 is 0 Å². The van der Waals surface area contributed by atoms with Crippen LogP contribution in [0.2, 0.25) is 0 Å². The highest BCUT2D eigenvalue weighted by Crippen LogP contribution is 2.40. The van der Waals surface area contributed by atoms with Crippen LogP contribution in [0.3, 0.4) is 0 Å². The fraction of sp³-hybridized carbons (Fsp3) is 0.172. The van der Waals surface area contributed by atoms with Crippen molar-refractivity contribution in [3.63, 3.8) is 0 Å². The Hall–Kier alpha value is -4.32. The second-order valence-corrected chi connectivity index (χ2v) is 8.37. The van der Waals surface area contributed by atoms with Gasteiger partial charge in [-0.2, -0.15) is 0 Å². The third kappa shape index (κ3) is 4.08. The number of nitrogens with zero attached hydrogens (tertiary/aromatic N) is 1. The lowest BCUT2D eigenvalue weighted by atomic mass is 10.1. The van der Waals surface area contributed by atoms with Crippen LogP contribution >= 0.6 is 0 Å². The minimum Gasteiger partial charge on any atom is -0.488 e. The molecular weight excluding hydrogens is 442 g/mol. The normalized spacial score (nSPS) is 13.7. The summed E-state index contributed by atoms with van der Waals surface area (Å²) < 4.78 is 19.0. The van der Waals surface area contributed by atoms with Gasteiger partial charge in [-0.1, -0.05) is 30.3 Å². The molecule has 0 saturated carbocycles. The first-order valence-electron chi connectivity index (χ1n) is 11.5. The van der Waals surface area contributed by atoms with Gasteiger partial charge in [-0.05, 0) is 55.8 Å². The standard InChI is InChI=1S/C29H25NO5/c1-4-30-16-21(22-7-5-6-8-24(22)30)15-26-27(31)23-13-14-25(18(2)28(23)35-26)34-17-19-9-11-20(12-10-19)29(32)33-3/h5-16H,4,17H2,1-3H3. The van der Waals surface area contributed by atoms with E-state index >= 15 is 0 Å². The summed E-state index contributed by atoms with van der Waals surface area (Å²) in [5.41, 5.74) is 4.75. The molecule has 3 aromatic carbocycles. The van der Waals surface area contributed by atoms with Crippen LogP contribution in [0.5, 0.6) is 11.5 Å². The average Bonchev–Trinajstić information content (AvgIpc) is 3.41. The van der Waals surface area contributed by atoms with E-state index in [4.69, 9.17) is 14.2 Å². The summed E-state index contributed by atoms with van der Waals surface area (Å²) in [7, 11) is 1.35. The summed E-state index contributed by atoms with van der Waals surface area (Å²) in [5, 5.41) is 1.08. The Kier molecular flexibility index (Phi) is 5.87. The lowest BCUT2D eigenvalue weighted by molar-refractivity contribution is 0.0600. The maximum absolute atomic E-state index is 13.1. The van der Waals surface area contributed by atoms with Crippen molar-refractivity contribution in [2.75, 3.05) is 7.11 Å². The number of carbonyl (C=O) groups excluding carboxylic acids is 2. The third-order valence-electron chi connectivity index (χ3n) is 6.25. The number of aryl methyl sites for hydroxylation is 1. The van der Waals surface area contributed by atoms with Gasteiger partial charge < -0.3 is 18.8 Å². The van der Waals surface area contributed by atoms with E-state index in [0.29, 0.717) is 35.0 Å². The van der Waals surface area contributed by atoms with Crippen LogP contribution in [0.1, 0.15) is 44.3 Å². The molecule has 176 valence electrons. The molecule has 0 bridgehead atoms. The fourth-order valence-electron chi connectivity index (χ4n) is 4.33. The van der Waals surface area contributed by atoms with Crippen molar-refractivity contribution in [2.24, 2.45) is 0 Å². The molecule has 35 heavy (non-hydrogen) atoms. The third-order valence-corrected chi connectivity index (χ3v) is 6.25. The van der Waals surface area contributed by atoms with Crippen LogP contribution in [0.4, 0.5) is 0 Å². The number of ether oxygens (including phenoxy) is 3. The topological polar surface area (TPSA) is 66.8 Å². The highest BCUT2D eigenvalue weighted by Gasteiger charge is 2.30. The van der Waals surface area contributed by atoms with Gasteiger partial charge in [0, 0.05) is 34.8 Å². The van der Waals surface area contributed by atoms with Crippen molar-refractivity contribution in [1.29, 1.82) is 0 Å². The Balaban J connectivity index is 1.38. The number of para-hydroxylation sites is 1. The molecule has 0 unspecified atom stereocenters. The van der Waals surface area contributed by atoms with E-state index in [1.165, 1.54) is 7.11 Å². The Morgan fingerprint density at radius 1 is 1.06 bits per heavy atom. The van der Waals surface area contributed by atoms with Crippen molar-refractivity contribution in [2.45, 2.75) is 27.0 Å². The molecular formula is C29H25NO5. The predicted molar refractivity (Wildman–Crippen MR) is 134 cm³/mol. The second-order valence-electron chi connectivity index (χ2n) is 8.37. The van der Waals surface area contributed by atoms with Crippen molar-refractivity contribution in [1.82, 2.24) is 4.57 Å². The van der Waals surface area contributed by atoms with Gasteiger partial charge in [0.2, 0.25) is 5.78 Å². The summed E-state index contributed by atoms with van der Waals surface area (Å²) in [4.78, 5) is 24.7. The van der Waals surface area contributed by atoms with Crippen LogP contribution in [0.15, 0.2) is 72.6 Å². The minimum absolute atomic E-state index is 0.138. The van der Waals surface area contributed by atoms with Gasteiger partial charge in [0.05, 0.1) is 18.2 Å². The molecule has 6 nitrogen and oxygen atoms in total. The molecule has 0 N–H and O–H groups in total. The first kappa shape index (κ1) is 22.5. The van der Waals surface area contributed by atoms with Gasteiger partial charge >= 0.3 is 5.97 Å². The van der Waals surface area contributed by atoms with E-state index in [1.54, 1.807) is 24.3 Å². The zero-order valence-corrected chi connectivity index (χ0v) is 19.8. The van der Waals surface area contributed by atoms with E-state index in [1.807, 2.05) is 43.5 Å². The lowest BCUT2D eigenvalue weighted by Crippen LogP contribution is -2.02. The zero-order valence-electron chi connectivity index (χ0n) is 19.8. The van der Waals surface area contributed by atoms with Crippen LogP contribution in [-0.4, -0.2) is 23.4 Å². The maximum Gasteiger partial charge on any atom is 0.337 e. The molecule has 0 aliphatic carbocycles. The molecule has 1 aliphatic rings. The van der Waals surface area contributed by atoms with E-state index in [2.05, 4.69) is 23.6 Å². The lowest BCUT2D eigenvalue weighted by Gasteiger charge is -2.11. The van der Waals surface area contributed by atoms with Crippen LogP contribution in [0.25, 0.3) is 17.0 Å². The Labute approximate surface area is 203 Å². The number of ketones is 1. The number of benzene rings is 3. The number of Topliss-reactive ketones (excluding diaryl/α,β-unsaturated/α-hetero) is 1. The van der Waals surface area contributed by atoms with Crippen LogP contribution in [-0.2, 0) is 17.9 Å². The van der Waals surface area contributed by atoms with Gasteiger partial charge in [-0.3, -0.25) is 4.79 Å². The predicted octanol–water partition coefficient (Wildman–Crippen LogP) is 5.95. The SMILES string of the molecule is CCn1cc(C=C2Oc3c(ccc(OCc4ccc(C(=O)OC)cc4)c3C)C2=O)c2ccccc21. The molecule has 0 spiro atoms.